The average Bonchev–Trinajstić information content (AvgIpc) is 0.850. The van der Waals surface area contributed by atoms with Crippen LogP contribution in [0.2, 0.25) is 0 Å². The minimum atomic E-state index is -5.56. The number of imidazole rings is 1. The van der Waals surface area contributed by atoms with Gasteiger partial charge in [0.05, 0.1) is 37.3 Å². The van der Waals surface area contributed by atoms with Gasteiger partial charge in [0.2, 0.25) is 0 Å². The maximum atomic E-state index is 9.83. The second kappa shape index (κ2) is 20.1. The fourth-order valence-corrected chi connectivity index (χ4v) is 15.4. The minimum Gasteiger partial charge on any atom is -0.510 e. The monoisotopic (exact) mass is 1260 g/mol. The summed E-state index contributed by atoms with van der Waals surface area (Å²) in [6.45, 7) is 12.8. The number of aromatic nitrogens is 4. The Balaban J connectivity index is 0.00000833. The Morgan fingerprint density at radius 3 is 1.79 bits per heavy atom. The Hall–Kier alpha value is -8.67. The van der Waals surface area contributed by atoms with Crippen LogP contribution in [0.4, 0.5) is 0 Å². The maximum absolute atomic E-state index is 9.83. The molecule has 14 rings (SSSR count). The first kappa shape index (κ1) is 37.3. The van der Waals surface area contributed by atoms with Crippen LogP contribution in [0.5, 0.6) is 11.5 Å². The normalized spacial score (nSPS) is 14.8. The number of hydrogen-bond donors (Lipinski definition) is 0. The van der Waals surface area contributed by atoms with Crippen LogP contribution in [0.3, 0.4) is 0 Å². The standard InChI is InChI=1S/C74H58N4OSi.Pt/c1-73(2,3)50-43-44-75-70(45-50)78-67-37-19-18-33-61(67)62-41-39-53(47-69(62)78)79-52-24-20-23-51(46-52)76-49-77-71-64(34-21-36-66(71)74(4,5)6)65-48-57(40-42-60(65)58-31-16-17-32-59(58)63-35-22-38-68(76)72(63)77)80(54-25-10-7-11-26-54,55-27-12-8-13-28-55)56-29-14-9-15-30-56;/h7-45,48H,1-6H3;/q-2;/i7D,8D,9D,10D,11D,12D,13D,14D,15D,25D,26D,27D,28D,29D,30D;. The van der Waals surface area contributed by atoms with Gasteiger partial charge in [0.15, 0.2) is 8.07 Å². The minimum absolute atomic E-state index is 0. The summed E-state index contributed by atoms with van der Waals surface area (Å²) in [4.78, 5) is 4.86. The molecule has 4 heterocycles. The quantitative estimate of drug-likeness (QED) is 0.0658. The Bertz CT molecular complexity index is 5230. The van der Waals surface area contributed by atoms with Crippen LogP contribution >= 0.6 is 0 Å². The molecule has 0 atom stereocenters. The topological polar surface area (TPSA) is 35.9 Å². The van der Waals surface area contributed by atoms with Gasteiger partial charge < -0.3 is 13.9 Å². The molecule has 396 valence electrons. The molecule has 0 unspecified atom stereocenters. The summed E-state index contributed by atoms with van der Waals surface area (Å²) in [7, 11) is -5.56. The zero-order chi connectivity index (χ0) is 67.4. The molecule has 0 radical (unpaired) electrons. The van der Waals surface area contributed by atoms with Crippen LogP contribution in [0.1, 0.15) is 73.2 Å². The van der Waals surface area contributed by atoms with Crippen LogP contribution in [-0.4, -0.2) is 22.2 Å². The number of ether oxygens (including phenoxy) is 1. The van der Waals surface area contributed by atoms with Gasteiger partial charge in [0.25, 0.3) is 6.33 Å². The first-order chi connectivity index (χ1) is 45.2. The Labute approximate surface area is 510 Å². The SMILES string of the molecule is [2H]c1c([2H])c([2H])c([Si](c2ccc3c(c2)-c2cccc(C(C)(C)C)c2-[n+]2[c-]n(-c4[c-]c(Oc5[c-]c6c(cc5)c5ccccc5n6-c5cc(C(C)(C)C)ccn5)ccc4)c4cccc(c42)-c2ccccc2-3)(c2c([2H])c([2H])c([2H])c([2H])c2[2H])c2c([2H])c([2H])c([2H])c([2H])c2[2H])c([2H])c1[2H].[Pt]. The van der Waals surface area contributed by atoms with Crippen molar-refractivity contribution in [2.45, 2.75) is 52.4 Å². The second-order valence-corrected chi connectivity index (χ2v) is 25.6. The van der Waals surface area contributed by atoms with Crippen LogP contribution in [0, 0.1) is 18.5 Å². The third-order valence-electron chi connectivity index (χ3n) is 15.2. The molecule has 0 fully saturated rings. The van der Waals surface area contributed by atoms with E-state index in [1.165, 1.54) is 0 Å². The molecule has 13 aromatic rings. The smallest absolute Gasteiger partial charge is 0.268 e. The molecule has 1 aliphatic rings. The van der Waals surface area contributed by atoms with Gasteiger partial charge in [-0.3, -0.25) is 4.57 Å². The van der Waals surface area contributed by atoms with Crippen molar-refractivity contribution in [1.82, 2.24) is 14.1 Å². The van der Waals surface area contributed by atoms with Crippen molar-refractivity contribution in [2.75, 3.05) is 0 Å². The van der Waals surface area contributed by atoms with E-state index in [0.717, 1.165) is 60.9 Å². The Morgan fingerprint density at radius 2 is 1.10 bits per heavy atom. The number of benzene rings is 10. The van der Waals surface area contributed by atoms with E-state index in [0.29, 0.717) is 45.1 Å². The summed E-state index contributed by atoms with van der Waals surface area (Å²) in [5.41, 5.74) is 9.55. The summed E-state index contributed by atoms with van der Waals surface area (Å²) in [5.74, 6) is 1.58. The summed E-state index contributed by atoms with van der Waals surface area (Å²) in [5, 5.41) is 0.265. The van der Waals surface area contributed by atoms with Gasteiger partial charge >= 0.3 is 0 Å². The van der Waals surface area contributed by atoms with E-state index in [9.17, 15) is 16.4 Å². The molecule has 0 N–H and O–H groups in total. The molecule has 0 bridgehead atoms. The molecule has 81 heavy (non-hydrogen) atoms. The molecule has 0 saturated carbocycles. The molecule has 10 aromatic carbocycles. The number of nitrogens with zero attached hydrogens (tertiary/aromatic N) is 4. The summed E-state index contributed by atoms with van der Waals surface area (Å²) < 4.78 is 153. The van der Waals surface area contributed by atoms with Crippen molar-refractivity contribution in [3.05, 3.63) is 272 Å². The van der Waals surface area contributed by atoms with E-state index < -0.39 is 120 Å². The molecular weight excluding hydrogens is 1180 g/mol. The van der Waals surface area contributed by atoms with E-state index in [2.05, 4.69) is 82.8 Å². The van der Waals surface area contributed by atoms with Crippen molar-refractivity contribution in [2.24, 2.45) is 0 Å². The molecule has 7 heteroatoms. The predicted molar refractivity (Wildman–Crippen MR) is 331 cm³/mol. The van der Waals surface area contributed by atoms with E-state index in [1.54, 1.807) is 18.2 Å². The van der Waals surface area contributed by atoms with Gasteiger partial charge in [-0.25, -0.2) is 4.98 Å². The van der Waals surface area contributed by atoms with Crippen molar-refractivity contribution < 1.29 is 50.9 Å². The fraction of sp³-hybridized carbons (Fsp3) is 0.108. The van der Waals surface area contributed by atoms with E-state index in [4.69, 9.17) is 13.8 Å². The molecule has 0 spiro atoms. The van der Waals surface area contributed by atoms with Gasteiger partial charge in [-0.2, -0.15) is 18.2 Å². The van der Waals surface area contributed by atoms with E-state index in [1.807, 2.05) is 125 Å². The van der Waals surface area contributed by atoms with Gasteiger partial charge in [-0.05, 0) is 105 Å². The van der Waals surface area contributed by atoms with Gasteiger partial charge in [0.1, 0.15) is 5.82 Å². The zero-order valence-corrected chi connectivity index (χ0v) is 48.2. The Kier molecular flexibility index (Phi) is 9.28. The maximum Gasteiger partial charge on any atom is 0.268 e. The van der Waals surface area contributed by atoms with Crippen LogP contribution < -0.4 is 30.1 Å². The summed E-state index contributed by atoms with van der Waals surface area (Å²) in [6.07, 6.45) is 5.61. The van der Waals surface area contributed by atoms with Gasteiger partial charge in [-0.1, -0.05) is 235 Å². The van der Waals surface area contributed by atoms with Crippen molar-refractivity contribution >= 4 is 61.7 Å². The number of pyridine rings is 1. The first-order valence-corrected chi connectivity index (χ1v) is 28.4. The second-order valence-electron chi connectivity index (χ2n) is 22.0. The van der Waals surface area contributed by atoms with Crippen molar-refractivity contribution in [3.8, 4) is 62.1 Å². The number of hydrogen-bond acceptors (Lipinski definition) is 2. The molecule has 1 aliphatic heterocycles. The van der Waals surface area contributed by atoms with Crippen molar-refractivity contribution in [1.29, 1.82) is 0 Å². The molecule has 0 saturated heterocycles. The van der Waals surface area contributed by atoms with Gasteiger partial charge in [0, 0.05) is 44.3 Å². The molecule has 0 aliphatic carbocycles. The Morgan fingerprint density at radius 1 is 0.506 bits per heavy atom. The molecule has 5 nitrogen and oxygen atoms in total. The van der Waals surface area contributed by atoms with Gasteiger partial charge in [-0.15, -0.1) is 29.7 Å². The first-order valence-electron chi connectivity index (χ1n) is 33.9. The summed E-state index contributed by atoms with van der Waals surface area (Å²) in [6, 6.07) is 41.1. The van der Waals surface area contributed by atoms with Crippen molar-refractivity contribution in [3.63, 3.8) is 0 Å². The number of rotatable bonds is 8. The summed E-state index contributed by atoms with van der Waals surface area (Å²) >= 11 is 0. The number of para-hydroxylation sites is 3. The van der Waals surface area contributed by atoms with E-state index >= 15 is 0 Å². The third-order valence-corrected chi connectivity index (χ3v) is 19.4. The fourth-order valence-electron chi connectivity index (χ4n) is 11.6. The molecule has 0 amide bonds. The molecule has 3 aromatic heterocycles. The third kappa shape index (κ3) is 8.63. The largest absolute Gasteiger partial charge is 0.510 e. The zero-order valence-electron chi connectivity index (χ0n) is 59.9. The van der Waals surface area contributed by atoms with Crippen LogP contribution in [0.15, 0.2) is 242 Å². The van der Waals surface area contributed by atoms with Crippen LogP contribution in [0.25, 0.3) is 83.4 Å². The van der Waals surface area contributed by atoms with E-state index in [-0.39, 0.29) is 31.7 Å². The predicted octanol–water partition coefficient (Wildman–Crippen LogP) is 14.9. The average molecular weight is 1260 g/mol. The number of fused-ring (bicyclic) bond motifs is 10. The van der Waals surface area contributed by atoms with Crippen LogP contribution in [-0.2, 0) is 31.9 Å². The molecular formula is C74H58N4OPtSi-2.